The molecule has 5 rings (SSSR count). The number of nitro benzene ring substituents is 1. The zero-order valence-corrected chi connectivity index (χ0v) is 19.0. The quantitative estimate of drug-likeness (QED) is 0.315. The number of sulfonamides is 1. The normalized spacial score (nSPS) is 15.1. The highest BCUT2D eigenvalue weighted by molar-refractivity contribution is 7.89. The highest BCUT2D eigenvalue weighted by Crippen LogP contribution is 2.36. The molecular weight excluding hydrogens is 462 g/mol. The molecule has 2 aromatic heterocycles. The lowest BCUT2D eigenvalue weighted by Crippen LogP contribution is -2.49. The summed E-state index contributed by atoms with van der Waals surface area (Å²) in [5, 5.41) is 12.2. The predicted octanol–water partition coefficient (Wildman–Crippen LogP) is 3.78. The molecule has 1 saturated heterocycles. The van der Waals surface area contributed by atoms with Crippen LogP contribution in [-0.4, -0.2) is 53.8 Å². The van der Waals surface area contributed by atoms with Gasteiger partial charge in [0.1, 0.15) is 17.0 Å². The molecule has 1 fully saturated rings. The molecular formula is C22H19N5O4S2. The van der Waals surface area contributed by atoms with Crippen LogP contribution in [0, 0.1) is 10.1 Å². The number of rotatable bonds is 5. The van der Waals surface area contributed by atoms with Crippen LogP contribution in [0.5, 0.6) is 0 Å². The van der Waals surface area contributed by atoms with Gasteiger partial charge >= 0.3 is 0 Å². The molecule has 0 aliphatic carbocycles. The lowest BCUT2D eigenvalue weighted by Gasteiger charge is -2.34. The second-order valence-electron chi connectivity index (χ2n) is 7.51. The monoisotopic (exact) mass is 481 g/mol. The minimum Gasteiger partial charge on any atom is -0.353 e. The fourth-order valence-electron chi connectivity index (χ4n) is 3.95. The van der Waals surface area contributed by atoms with E-state index < -0.39 is 20.6 Å². The van der Waals surface area contributed by atoms with Crippen LogP contribution in [0.15, 0.2) is 71.9 Å². The number of fused-ring (bicyclic) bond motifs is 1. The highest BCUT2D eigenvalue weighted by Gasteiger charge is 2.34. The Hall–Kier alpha value is -3.41. The maximum absolute atomic E-state index is 13.1. The van der Waals surface area contributed by atoms with E-state index in [0.717, 1.165) is 26.5 Å². The lowest BCUT2D eigenvalue weighted by molar-refractivity contribution is -0.387. The number of hydrogen-bond donors (Lipinski definition) is 0. The summed E-state index contributed by atoms with van der Waals surface area (Å²) in [6.07, 6.45) is 1.53. The van der Waals surface area contributed by atoms with Crippen molar-refractivity contribution in [2.45, 2.75) is 4.90 Å². The van der Waals surface area contributed by atoms with Gasteiger partial charge in [0.05, 0.1) is 10.3 Å². The Morgan fingerprint density at radius 3 is 2.36 bits per heavy atom. The fourth-order valence-corrected chi connectivity index (χ4v) is 6.52. The highest BCUT2D eigenvalue weighted by atomic mass is 32.2. The van der Waals surface area contributed by atoms with Crippen LogP contribution in [0.2, 0.25) is 0 Å². The van der Waals surface area contributed by atoms with E-state index in [4.69, 9.17) is 0 Å². The number of piperazine rings is 1. The number of aromatic nitrogens is 2. The Morgan fingerprint density at radius 2 is 1.64 bits per heavy atom. The topological polar surface area (TPSA) is 110 Å². The van der Waals surface area contributed by atoms with Crippen molar-refractivity contribution in [3.8, 4) is 10.4 Å². The van der Waals surface area contributed by atoms with Gasteiger partial charge in [-0.1, -0.05) is 42.5 Å². The first kappa shape index (κ1) is 21.4. The van der Waals surface area contributed by atoms with Crippen molar-refractivity contribution in [2.75, 3.05) is 31.1 Å². The van der Waals surface area contributed by atoms with Gasteiger partial charge in [-0.25, -0.2) is 18.4 Å². The van der Waals surface area contributed by atoms with Crippen LogP contribution < -0.4 is 4.90 Å². The van der Waals surface area contributed by atoms with Crippen LogP contribution in [0.3, 0.4) is 0 Å². The van der Waals surface area contributed by atoms with Crippen molar-refractivity contribution in [1.82, 2.24) is 14.3 Å². The molecule has 33 heavy (non-hydrogen) atoms. The summed E-state index contributed by atoms with van der Waals surface area (Å²) in [4.78, 5) is 23.3. The number of nitrogens with zero attached hydrogens (tertiary/aromatic N) is 5. The van der Waals surface area contributed by atoms with E-state index in [1.807, 2.05) is 35.2 Å². The van der Waals surface area contributed by atoms with E-state index in [-0.39, 0.29) is 18.0 Å². The Bertz CT molecular complexity index is 1430. The van der Waals surface area contributed by atoms with Crippen molar-refractivity contribution in [3.63, 3.8) is 0 Å². The second-order valence-corrected chi connectivity index (χ2v) is 10.4. The first-order valence-electron chi connectivity index (χ1n) is 10.2. The minimum atomic E-state index is -3.98. The largest absolute Gasteiger partial charge is 0.353 e. The van der Waals surface area contributed by atoms with E-state index in [9.17, 15) is 18.5 Å². The molecule has 0 unspecified atom stereocenters. The summed E-state index contributed by atoms with van der Waals surface area (Å²) in [7, 11) is -3.98. The number of benzene rings is 2. The number of nitro groups is 1. The molecule has 0 amide bonds. The smallest absolute Gasteiger partial charge is 0.289 e. The number of anilines is 1. The van der Waals surface area contributed by atoms with E-state index in [0.29, 0.717) is 13.1 Å². The molecule has 9 nitrogen and oxygen atoms in total. The average Bonchev–Trinajstić information content (AvgIpc) is 3.29. The van der Waals surface area contributed by atoms with Crippen LogP contribution in [0.1, 0.15) is 0 Å². The molecule has 0 radical (unpaired) electrons. The summed E-state index contributed by atoms with van der Waals surface area (Å²) >= 11 is 1.59. The standard InChI is InChI=1S/C22H19N5O4S2/c28-27(29)18-8-4-5-9-20(18)33(30,31)26-12-10-25(11-13-26)21-17-14-19(16-6-2-1-3-7-16)32-22(17)24-15-23-21/h1-9,14-15H,10-13H2. The molecule has 0 N–H and O–H groups in total. The van der Waals surface area contributed by atoms with Crippen molar-refractivity contribution in [3.05, 3.63) is 77.1 Å². The van der Waals surface area contributed by atoms with Crippen molar-refractivity contribution >= 4 is 43.1 Å². The molecule has 0 spiro atoms. The van der Waals surface area contributed by atoms with Crippen molar-refractivity contribution in [1.29, 1.82) is 0 Å². The third-order valence-electron chi connectivity index (χ3n) is 5.58. The molecule has 1 aliphatic heterocycles. The SMILES string of the molecule is O=[N+]([O-])c1ccccc1S(=O)(=O)N1CCN(c2ncnc3sc(-c4ccccc4)cc23)CC1. The van der Waals surface area contributed by atoms with Gasteiger partial charge in [-0.2, -0.15) is 4.31 Å². The van der Waals surface area contributed by atoms with Crippen LogP contribution in [0.4, 0.5) is 11.5 Å². The predicted molar refractivity (Wildman–Crippen MR) is 127 cm³/mol. The molecule has 2 aromatic carbocycles. The molecule has 168 valence electrons. The summed E-state index contributed by atoms with van der Waals surface area (Å²) in [6.45, 7) is 1.25. The van der Waals surface area contributed by atoms with Gasteiger partial charge < -0.3 is 4.90 Å². The summed E-state index contributed by atoms with van der Waals surface area (Å²) in [5.74, 6) is 0.765. The zero-order valence-electron chi connectivity index (χ0n) is 17.4. The van der Waals surface area contributed by atoms with E-state index in [2.05, 4.69) is 16.0 Å². The number of para-hydroxylation sites is 1. The van der Waals surface area contributed by atoms with Crippen molar-refractivity contribution in [2.24, 2.45) is 0 Å². The molecule has 0 atom stereocenters. The summed E-state index contributed by atoms with van der Waals surface area (Å²) < 4.78 is 27.5. The number of hydrogen-bond acceptors (Lipinski definition) is 8. The fraction of sp³-hybridized carbons (Fsp3) is 0.182. The third kappa shape index (κ3) is 3.94. The molecule has 11 heteroatoms. The molecule has 0 saturated carbocycles. The third-order valence-corrected chi connectivity index (χ3v) is 8.62. The molecule has 4 aromatic rings. The Kier molecular flexibility index (Phi) is 5.52. The summed E-state index contributed by atoms with van der Waals surface area (Å²) in [5.41, 5.74) is 0.691. The molecule has 1 aliphatic rings. The second kappa shape index (κ2) is 8.50. The Labute approximate surface area is 194 Å². The van der Waals surface area contributed by atoms with Gasteiger partial charge in [0.25, 0.3) is 5.69 Å². The zero-order chi connectivity index (χ0) is 23.0. The lowest BCUT2D eigenvalue weighted by atomic mass is 10.2. The average molecular weight is 482 g/mol. The molecule has 0 bridgehead atoms. The van der Waals surface area contributed by atoms with E-state index >= 15 is 0 Å². The van der Waals surface area contributed by atoms with Crippen LogP contribution in [-0.2, 0) is 10.0 Å². The van der Waals surface area contributed by atoms with Crippen molar-refractivity contribution < 1.29 is 13.3 Å². The Balaban J connectivity index is 1.40. The van der Waals surface area contributed by atoms with Gasteiger partial charge in [-0.15, -0.1) is 11.3 Å². The maximum atomic E-state index is 13.1. The van der Waals surface area contributed by atoms with Crippen LogP contribution >= 0.6 is 11.3 Å². The minimum absolute atomic E-state index is 0.204. The van der Waals surface area contributed by atoms with E-state index in [1.54, 1.807) is 11.3 Å². The van der Waals surface area contributed by atoms with E-state index in [1.165, 1.54) is 34.9 Å². The van der Waals surface area contributed by atoms with Gasteiger partial charge in [0.15, 0.2) is 4.90 Å². The van der Waals surface area contributed by atoms with Gasteiger partial charge in [-0.05, 0) is 17.7 Å². The molecule has 3 heterocycles. The number of thiophene rings is 1. The Morgan fingerprint density at radius 1 is 0.939 bits per heavy atom. The maximum Gasteiger partial charge on any atom is 0.289 e. The summed E-state index contributed by atoms with van der Waals surface area (Å²) in [6, 6.07) is 17.6. The van der Waals surface area contributed by atoms with Gasteiger partial charge in [0.2, 0.25) is 10.0 Å². The van der Waals surface area contributed by atoms with Crippen LogP contribution in [0.25, 0.3) is 20.7 Å². The first-order chi connectivity index (χ1) is 15.9. The first-order valence-corrected chi connectivity index (χ1v) is 12.5. The van der Waals surface area contributed by atoms with Gasteiger partial charge in [0, 0.05) is 37.1 Å². The van der Waals surface area contributed by atoms with Gasteiger partial charge in [-0.3, -0.25) is 10.1 Å².